The van der Waals surface area contributed by atoms with Crippen LogP contribution in [0.3, 0.4) is 0 Å². The summed E-state index contributed by atoms with van der Waals surface area (Å²) in [5.74, 6) is 0.888. The molecular formula is C13H14N4S. The first-order chi connectivity index (χ1) is 8.88. The van der Waals surface area contributed by atoms with Crippen molar-refractivity contribution >= 4 is 22.8 Å². The predicted molar refractivity (Wildman–Crippen MR) is 75.1 cm³/mol. The van der Waals surface area contributed by atoms with Crippen LogP contribution in [0.25, 0.3) is 16.9 Å². The van der Waals surface area contributed by atoms with Crippen LogP contribution in [-0.4, -0.2) is 21.1 Å². The normalized spacial score (nSPS) is 10.9. The standard InChI is InChI=1S/C13H14N4S/c1-2-6-14-12-3-4-13-15-8-11(17(13)16-12)10-5-7-18-9-10/h3-5,7-9H,2,6H2,1H3,(H,14,16). The number of hydrogen-bond acceptors (Lipinski definition) is 4. The predicted octanol–water partition coefficient (Wildman–Crippen LogP) is 3.28. The number of fused-ring (bicyclic) bond motifs is 1. The quantitative estimate of drug-likeness (QED) is 0.781. The lowest BCUT2D eigenvalue weighted by atomic mass is 10.3. The molecule has 4 nitrogen and oxygen atoms in total. The summed E-state index contributed by atoms with van der Waals surface area (Å²) in [6.45, 7) is 3.07. The second-order valence-corrected chi connectivity index (χ2v) is 4.85. The molecule has 0 amide bonds. The molecule has 18 heavy (non-hydrogen) atoms. The van der Waals surface area contributed by atoms with Gasteiger partial charge in [-0.05, 0) is 30.0 Å². The maximum Gasteiger partial charge on any atom is 0.154 e. The number of nitrogens with one attached hydrogen (secondary N) is 1. The summed E-state index contributed by atoms with van der Waals surface area (Å²) in [7, 11) is 0. The van der Waals surface area contributed by atoms with Crippen molar-refractivity contribution in [3.05, 3.63) is 35.2 Å². The highest BCUT2D eigenvalue weighted by Gasteiger charge is 2.07. The van der Waals surface area contributed by atoms with E-state index in [9.17, 15) is 0 Å². The van der Waals surface area contributed by atoms with Crippen molar-refractivity contribution in [3.8, 4) is 11.3 Å². The van der Waals surface area contributed by atoms with Gasteiger partial charge in [-0.25, -0.2) is 9.50 Å². The molecule has 1 N–H and O–H groups in total. The van der Waals surface area contributed by atoms with Crippen molar-refractivity contribution in [1.29, 1.82) is 0 Å². The molecular weight excluding hydrogens is 244 g/mol. The molecule has 3 heterocycles. The van der Waals surface area contributed by atoms with Gasteiger partial charge in [0.05, 0.1) is 11.9 Å². The van der Waals surface area contributed by atoms with E-state index in [0.717, 1.165) is 35.7 Å². The minimum atomic E-state index is 0.873. The Labute approximate surface area is 109 Å². The van der Waals surface area contributed by atoms with Gasteiger partial charge in [0.2, 0.25) is 0 Å². The summed E-state index contributed by atoms with van der Waals surface area (Å²) in [4.78, 5) is 4.37. The van der Waals surface area contributed by atoms with Gasteiger partial charge in [0, 0.05) is 17.5 Å². The number of anilines is 1. The molecule has 0 saturated heterocycles. The number of hydrogen-bond donors (Lipinski definition) is 1. The van der Waals surface area contributed by atoms with E-state index in [-0.39, 0.29) is 0 Å². The summed E-state index contributed by atoms with van der Waals surface area (Å²) < 4.78 is 1.89. The minimum absolute atomic E-state index is 0.873. The van der Waals surface area contributed by atoms with Gasteiger partial charge in [-0.1, -0.05) is 6.92 Å². The zero-order valence-corrected chi connectivity index (χ0v) is 10.9. The summed E-state index contributed by atoms with van der Waals surface area (Å²) >= 11 is 1.68. The molecule has 0 fully saturated rings. The highest BCUT2D eigenvalue weighted by Crippen LogP contribution is 2.22. The van der Waals surface area contributed by atoms with Crippen molar-refractivity contribution in [3.63, 3.8) is 0 Å². The molecule has 0 aliphatic heterocycles. The Morgan fingerprint density at radius 3 is 3.06 bits per heavy atom. The van der Waals surface area contributed by atoms with Crippen molar-refractivity contribution in [1.82, 2.24) is 14.6 Å². The summed E-state index contributed by atoms with van der Waals surface area (Å²) in [6, 6.07) is 6.04. The highest BCUT2D eigenvalue weighted by atomic mass is 32.1. The third-order valence-electron chi connectivity index (χ3n) is 2.74. The van der Waals surface area contributed by atoms with Gasteiger partial charge < -0.3 is 5.32 Å². The Morgan fingerprint density at radius 2 is 2.28 bits per heavy atom. The number of thiophene rings is 1. The fourth-order valence-corrected chi connectivity index (χ4v) is 2.48. The van der Waals surface area contributed by atoms with E-state index >= 15 is 0 Å². The molecule has 0 unspecified atom stereocenters. The van der Waals surface area contributed by atoms with Crippen LogP contribution in [0.2, 0.25) is 0 Å². The topological polar surface area (TPSA) is 42.2 Å². The molecule has 5 heteroatoms. The molecule has 3 rings (SSSR count). The molecule has 0 spiro atoms. The van der Waals surface area contributed by atoms with E-state index in [4.69, 9.17) is 0 Å². The molecule has 3 aromatic rings. The third-order valence-corrected chi connectivity index (χ3v) is 3.42. The Bertz CT molecular complexity index is 642. The first-order valence-corrected chi connectivity index (χ1v) is 6.94. The highest BCUT2D eigenvalue weighted by molar-refractivity contribution is 7.08. The van der Waals surface area contributed by atoms with Gasteiger partial charge in [0.15, 0.2) is 5.65 Å². The largest absolute Gasteiger partial charge is 0.369 e. The van der Waals surface area contributed by atoms with Gasteiger partial charge >= 0.3 is 0 Å². The smallest absolute Gasteiger partial charge is 0.154 e. The van der Waals surface area contributed by atoms with Crippen LogP contribution in [0.4, 0.5) is 5.82 Å². The fraction of sp³-hybridized carbons (Fsp3) is 0.231. The van der Waals surface area contributed by atoms with E-state index < -0.39 is 0 Å². The van der Waals surface area contributed by atoms with Gasteiger partial charge in [0.25, 0.3) is 0 Å². The second kappa shape index (κ2) is 4.78. The molecule has 0 saturated carbocycles. The molecule has 0 aliphatic rings. The first kappa shape index (κ1) is 11.2. The molecule has 0 aromatic carbocycles. The summed E-state index contributed by atoms with van der Waals surface area (Å²) in [5.41, 5.74) is 3.07. The Balaban J connectivity index is 2.05. The Hall–Kier alpha value is -1.88. The molecule has 0 radical (unpaired) electrons. The molecule has 3 aromatic heterocycles. The lowest BCUT2D eigenvalue weighted by Gasteiger charge is -2.05. The lowest BCUT2D eigenvalue weighted by molar-refractivity contribution is 0.910. The first-order valence-electron chi connectivity index (χ1n) is 5.99. The van der Waals surface area contributed by atoms with Crippen LogP contribution in [0.15, 0.2) is 35.2 Å². The van der Waals surface area contributed by atoms with E-state index in [1.54, 1.807) is 11.3 Å². The van der Waals surface area contributed by atoms with Crippen LogP contribution in [0, 0.1) is 0 Å². The molecule has 92 valence electrons. The van der Waals surface area contributed by atoms with Crippen LogP contribution in [0.1, 0.15) is 13.3 Å². The van der Waals surface area contributed by atoms with Gasteiger partial charge in [-0.3, -0.25) is 0 Å². The number of aromatic nitrogens is 3. The average molecular weight is 258 g/mol. The second-order valence-electron chi connectivity index (χ2n) is 4.07. The average Bonchev–Trinajstić information content (AvgIpc) is 3.04. The number of imidazole rings is 1. The van der Waals surface area contributed by atoms with E-state index in [2.05, 4.69) is 39.1 Å². The maximum absolute atomic E-state index is 4.58. The third kappa shape index (κ3) is 1.97. The Kier molecular flexibility index (Phi) is 2.98. The zero-order chi connectivity index (χ0) is 12.4. The number of nitrogens with zero attached hydrogens (tertiary/aromatic N) is 3. The molecule has 0 atom stereocenters. The van der Waals surface area contributed by atoms with Crippen LogP contribution < -0.4 is 5.32 Å². The van der Waals surface area contributed by atoms with Crippen molar-refractivity contribution in [2.75, 3.05) is 11.9 Å². The van der Waals surface area contributed by atoms with E-state index in [1.807, 2.05) is 22.8 Å². The molecule has 0 bridgehead atoms. The zero-order valence-electron chi connectivity index (χ0n) is 10.1. The maximum atomic E-state index is 4.58. The Morgan fingerprint density at radius 1 is 1.33 bits per heavy atom. The monoisotopic (exact) mass is 258 g/mol. The summed E-state index contributed by atoms with van der Waals surface area (Å²) in [6.07, 6.45) is 2.95. The van der Waals surface area contributed by atoms with Crippen molar-refractivity contribution in [2.24, 2.45) is 0 Å². The number of rotatable bonds is 4. The van der Waals surface area contributed by atoms with Gasteiger partial charge in [-0.2, -0.15) is 11.3 Å². The lowest BCUT2D eigenvalue weighted by Crippen LogP contribution is -2.04. The SMILES string of the molecule is CCCNc1ccc2ncc(-c3ccsc3)n2n1. The minimum Gasteiger partial charge on any atom is -0.369 e. The van der Waals surface area contributed by atoms with Crippen molar-refractivity contribution < 1.29 is 0 Å². The van der Waals surface area contributed by atoms with Crippen molar-refractivity contribution in [2.45, 2.75) is 13.3 Å². The molecule has 0 aliphatic carbocycles. The summed E-state index contributed by atoms with van der Waals surface area (Å²) in [5, 5.41) is 12.0. The van der Waals surface area contributed by atoms with E-state index in [1.165, 1.54) is 0 Å². The van der Waals surface area contributed by atoms with Crippen LogP contribution in [-0.2, 0) is 0 Å². The van der Waals surface area contributed by atoms with Crippen LogP contribution in [0.5, 0.6) is 0 Å². The van der Waals surface area contributed by atoms with Gasteiger partial charge in [-0.15, -0.1) is 5.10 Å². The van der Waals surface area contributed by atoms with Crippen LogP contribution >= 0.6 is 11.3 Å². The van der Waals surface area contributed by atoms with E-state index in [0.29, 0.717) is 0 Å². The fourth-order valence-electron chi connectivity index (χ4n) is 1.83. The van der Waals surface area contributed by atoms with Gasteiger partial charge in [0.1, 0.15) is 5.82 Å².